The van der Waals surface area contributed by atoms with Gasteiger partial charge in [0.15, 0.2) is 0 Å². The van der Waals surface area contributed by atoms with E-state index in [4.69, 9.17) is 4.42 Å². The van der Waals surface area contributed by atoms with Crippen LogP contribution < -0.4 is 0 Å². The Hall–Kier alpha value is -1.25. The molecule has 0 aliphatic heterocycles. The number of hydrogen-bond donors (Lipinski definition) is 1. The van der Waals surface area contributed by atoms with Gasteiger partial charge in [0.1, 0.15) is 11.3 Å². The van der Waals surface area contributed by atoms with Crippen LogP contribution >= 0.6 is 0 Å². The van der Waals surface area contributed by atoms with Crippen LogP contribution in [0.2, 0.25) is 0 Å². The lowest BCUT2D eigenvalue weighted by molar-refractivity contribution is -0.0158. The van der Waals surface area contributed by atoms with E-state index in [9.17, 15) is 9.90 Å². The fourth-order valence-electron chi connectivity index (χ4n) is 5.28. The minimum absolute atomic E-state index is 0.0476. The first-order chi connectivity index (χ1) is 8.66. The van der Waals surface area contributed by atoms with Crippen molar-refractivity contribution in [3.05, 3.63) is 23.7 Å². The van der Waals surface area contributed by atoms with E-state index < -0.39 is 5.97 Å². The van der Waals surface area contributed by atoms with E-state index in [1.165, 1.54) is 19.3 Å². The quantitative estimate of drug-likeness (QED) is 0.869. The molecule has 18 heavy (non-hydrogen) atoms. The van der Waals surface area contributed by atoms with Crippen LogP contribution in [0.25, 0.3) is 0 Å². The number of carbonyl (C=O) groups is 1. The third kappa shape index (κ3) is 1.33. The molecule has 4 fully saturated rings. The van der Waals surface area contributed by atoms with Crippen LogP contribution in [0.1, 0.15) is 54.6 Å². The van der Waals surface area contributed by atoms with Crippen LogP contribution in [0.15, 0.2) is 16.7 Å². The molecule has 5 rings (SSSR count). The first-order valence-corrected chi connectivity index (χ1v) is 6.97. The Bertz CT molecular complexity index is 464. The first-order valence-electron chi connectivity index (χ1n) is 6.97. The fraction of sp³-hybridized carbons (Fsp3) is 0.667. The SMILES string of the molecule is O=C(O)c1ccoc1C12CC3CC(CC(C3)C1)C2. The summed E-state index contributed by atoms with van der Waals surface area (Å²) in [4.78, 5) is 11.3. The van der Waals surface area contributed by atoms with Gasteiger partial charge in [-0.3, -0.25) is 0 Å². The lowest BCUT2D eigenvalue weighted by Crippen LogP contribution is -2.48. The second-order valence-corrected chi connectivity index (χ2v) is 6.67. The molecule has 0 aromatic carbocycles. The van der Waals surface area contributed by atoms with E-state index >= 15 is 0 Å². The Balaban J connectivity index is 1.79. The van der Waals surface area contributed by atoms with Crippen molar-refractivity contribution in [1.82, 2.24) is 0 Å². The van der Waals surface area contributed by atoms with Crippen LogP contribution in [0.3, 0.4) is 0 Å². The fourth-order valence-corrected chi connectivity index (χ4v) is 5.28. The molecule has 4 bridgehead atoms. The standard InChI is InChI=1S/C15H18O3/c16-14(17)12-1-2-18-13(12)15-6-9-3-10(7-15)5-11(4-9)8-15/h1-2,9-11H,3-8H2,(H,16,17). The highest BCUT2D eigenvalue weighted by molar-refractivity contribution is 5.89. The summed E-state index contributed by atoms with van der Waals surface area (Å²) < 4.78 is 5.63. The number of carboxylic acid groups (broad SMARTS) is 1. The van der Waals surface area contributed by atoms with Gasteiger partial charge in [-0.15, -0.1) is 0 Å². The van der Waals surface area contributed by atoms with Crippen molar-refractivity contribution in [3.8, 4) is 0 Å². The molecule has 4 aliphatic carbocycles. The van der Waals surface area contributed by atoms with Crippen LogP contribution in [0.5, 0.6) is 0 Å². The monoisotopic (exact) mass is 246 g/mol. The number of aromatic carboxylic acids is 1. The van der Waals surface area contributed by atoms with Gasteiger partial charge in [0.2, 0.25) is 0 Å². The van der Waals surface area contributed by atoms with Gasteiger partial charge in [0, 0.05) is 5.41 Å². The molecule has 4 saturated carbocycles. The number of hydrogen-bond acceptors (Lipinski definition) is 2. The lowest BCUT2D eigenvalue weighted by atomic mass is 9.49. The maximum Gasteiger partial charge on any atom is 0.339 e. The van der Waals surface area contributed by atoms with Crippen LogP contribution in [-0.2, 0) is 5.41 Å². The zero-order chi connectivity index (χ0) is 12.3. The molecule has 96 valence electrons. The largest absolute Gasteiger partial charge is 0.478 e. The van der Waals surface area contributed by atoms with Gasteiger partial charge in [0.05, 0.1) is 6.26 Å². The van der Waals surface area contributed by atoms with Gasteiger partial charge in [-0.2, -0.15) is 0 Å². The Kier molecular flexibility index (Phi) is 2.01. The van der Waals surface area contributed by atoms with Gasteiger partial charge < -0.3 is 9.52 Å². The van der Waals surface area contributed by atoms with Crippen molar-refractivity contribution >= 4 is 5.97 Å². The average Bonchev–Trinajstić information content (AvgIpc) is 2.76. The molecule has 1 aromatic rings. The summed E-state index contributed by atoms with van der Waals surface area (Å²) in [5.74, 6) is 2.36. The zero-order valence-electron chi connectivity index (χ0n) is 10.4. The topological polar surface area (TPSA) is 50.4 Å². The van der Waals surface area contributed by atoms with Gasteiger partial charge in [-0.05, 0) is 62.3 Å². The third-order valence-corrected chi connectivity index (χ3v) is 5.42. The van der Waals surface area contributed by atoms with E-state index in [0.29, 0.717) is 5.56 Å². The highest BCUT2D eigenvalue weighted by Crippen LogP contribution is 2.61. The van der Waals surface area contributed by atoms with Crippen molar-refractivity contribution in [1.29, 1.82) is 0 Å². The van der Waals surface area contributed by atoms with Crippen molar-refractivity contribution in [2.45, 2.75) is 43.9 Å². The maximum absolute atomic E-state index is 11.3. The summed E-state index contributed by atoms with van der Waals surface area (Å²) in [7, 11) is 0. The Labute approximate surface area is 106 Å². The summed E-state index contributed by atoms with van der Waals surface area (Å²) in [6.07, 6.45) is 9.08. The maximum atomic E-state index is 11.3. The van der Waals surface area contributed by atoms with Crippen LogP contribution in [0, 0.1) is 17.8 Å². The molecule has 0 amide bonds. The second-order valence-electron chi connectivity index (χ2n) is 6.67. The van der Waals surface area contributed by atoms with E-state index in [2.05, 4.69) is 0 Å². The predicted octanol–water partition coefficient (Wildman–Crippen LogP) is 3.45. The number of furan rings is 1. The minimum atomic E-state index is -0.838. The van der Waals surface area contributed by atoms with Gasteiger partial charge in [-0.25, -0.2) is 4.79 Å². The molecule has 0 saturated heterocycles. The van der Waals surface area contributed by atoms with Crippen molar-refractivity contribution in [3.63, 3.8) is 0 Å². The third-order valence-electron chi connectivity index (χ3n) is 5.42. The molecule has 3 heteroatoms. The Morgan fingerprint density at radius 1 is 1.17 bits per heavy atom. The molecule has 1 heterocycles. The molecule has 0 atom stereocenters. The van der Waals surface area contributed by atoms with Crippen LogP contribution in [0.4, 0.5) is 0 Å². The molecule has 0 spiro atoms. The second kappa shape index (κ2) is 3.40. The molecular weight excluding hydrogens is 228 g/mol. The molecule has 4 aliphatic rings. The van der Waals surface area contributed by atoms with Crippen LogP contribution in [-0.4, -0.2) is 11.1 Å². The zero-order valence-corrected chi connectivity index (χ0v) is 10.4. The summed E-state index contributed by atoms with van der Waals surface area (Å²) in [6, 6.07) is 1.62. The Morgan fingerprint density at radius 3 is 2.22 bits per heavy atom. The van der Waals surface area contributed by atoms with Crippen molar-refractivity contribution in [2.75, 3.05) is 0 Å². The summed E-state index contributed by atoms with van der Waals surface area (Å²) >= 11 is 0. The number of carboxylic acids is 1. The lowest BCUT2D eigenvalue weighted by Gasteiger charge is -2.56. The molecule has 0 radical (unpaired) electrons. The normalized spacial score (nSPS) is 41.2. The summed E-state index contributed by atoms with van der Waals surface area (Å²) in [5.41, 5.74) is 0.448. The Morgan fingerprint density at radius 2 is 1.72 bits per heavy atom. The van der Waals surface area contributed by atoms with E-state index in [1.54, 1.807) is 12.3 Å². The predicted molar refractivity (Wildman–Crippen MR) is 65.5 cm³/mol. The van der Waals surface area contributed by atoms with Crippen molar-refractivity contribution < 1.29 is 14.3 Å². The minimum Gasteiger partial charge on any atom is -0.478 e. The molecule has 1 aromatic heterocycles. The van der Waals surface area contributed by atoms with Crippen molar-refractivity contribution in [2.24, 2.45) is 17.8 Å². The highest BCUT2D eigenvalue weighted by atomic mass is 16.4. The summed E-state index contributed by atoms with van der Waals surface area (Å²) in [5, 5.41) is 9.30. The summed E-state index contributed by atoms with van der Waals surface area (Å²) in [6.45, 7) is 0. The van der Waals surface area contributed by atoms with E-state index in [1.807, 2.05) is 0 Å². The molecule has 0 unspecified atom stereocenters. The average molecular weight is 246 g/mol. The molecular formula is C15H18O3. The van der Waals surface area contributed by atoms with Gasteiger partial charge in [0.25, 0.3) is 0 Å². The molecule has 3 nitrogen and oxygen atoms in total. The number of rotatable bonds is 2. The molecule has 1 N–H and O–H groups in total. The van der Waals surface area contributed by atoms with Gasteiger partial charge in [-0.1, -0.05) is 0 Å². The van der Waals surface area contributed by atoms with E-state index in [0.717, 1.165) is 42.8 Å². The first kappa shape index (κ1) is 10.7. The van der Waals surface area contributed by atoms with E-state index in [-0.39, 0.29) is 5.41 Å². The highest BCUT2D eigenvalue weighted by Gasteiger charge is 2.54. The smallest absolute Gasteiger partial charge is 0.339 e. The van der Waals surface area contributed by atoms with Gasteiger partial charge >= 0.3 is 5.97 Å².